The molecule has 0 aromatic heterocycles. The molecule has 0 saturated carbocycles. The normalized spacial score (nSPS) is 11.5. The van der Waals surface area contributed by atoms with Crippen LogP contribution in [0.15, 0.2) is 29.2 Å². The Kier molecular flexibility index (Phi) is 4.13. The lowest BCUT2D eigenvalue weighted by Crippen LogP contribution is -2.29. The average Bonchev–Trinajstić information content (AvgIpc) is 2.25. The van der Waals surface area contributed by atoms with E-state index >= 15 is 0 Å². The number of carbonyl (C=O) groups excluding carboxylic acids is 1. The molecule has 0 saturated heterocycles. The molecule has 0 aliphatic carbocycles. The summed E-state index contributed by atoms with van der Waals surface area (Å²) in [7, 11) is -3.84. The van der Waals surface area contributed by atoms with Crippen LogP contribution in [-0.4, -0.2) is 20.8 Å². The highest BCUT2D eigenvalue weighted by Crippen LogP contribution is 2.09. The third-order valence-electron chi connectivity index (χ3n) is 1.89. The molecule has 3 N–H and O–H groups in total. The van der Waals surface area contributed by atoms with E-state index in [0.29, 0.717) is 5.56 Å². The van der Waals surface area contributed by atoms with Crippen LogP contribution in [0.25, 0.3) is 0 Å². The number of nitrogens with two attached hydrogens (primary N) is 1. The Bertz CT molecular complexity index is 517. The second kappa shape index (κ2) is 5.19. The van der Waals surface area contributed by atoms with Gasteiger partial charge in [-0.3, -0.25) is 4.79 Å². The van der Waals surface area contributed by atoms with E-state index in [2.05, 4.69) is 0 Å². The van der Waals surface area contributed by atoms with Crippen molar-refractivity contribution in [2.75, 3.05) is 0 Å². The monoisotopic (exact) mass is 264 g/mol. The van der Waals surface area contributed by atoms with Gasteiger partial charge in [0.25, 0.3) is 5.91 Å². The van der Waals surface area contributed by atoms with Gasteiger partial charge in [-0.15, -0.1) is 0 Å². The van der Waals surface area contributed by atoms with Gasteiger partial charge in [0.05, 0.1) is 4.90 Å². The van der Waals surface area contributed by atoms with Crippen LogP contribution in [0.3, 0.4) is 0 Å². The molecule has 5 nitrogen and oxygen atoms in total. The molecule has 0 aliphatic rings. The summed E-state index contributed by atoms with van der Waals surface area (Å²) in [5.74, 6) is -1.41. The summed E-state index contributed by atoms with van der Waals surface area (Å²) in [6.07, 6.45) is -3.10. The first-order valence-electron chi connectivity index (χ1n) is 4.48. The fraction of sp³-hybridized carbons (Fsp3) is 0.222. The van der Waals surface area contributed by atoms with Crippen molar-refractivity contribution in [3.8, 4) is 0 Å². The third-order valence-corrected chi connectivity index (χ3v) is 2.80. The van der Waals surface area contributed by atoms with Gasteiger partial charge in [0, 0.05) is 6.54 Å². The zero-order valence-corrected chi connectivity index (χ0v) is 9.38. The van der Waals surface area contributed by atoms with Crippen LogP contribution >= 0.6 is 0 Å². The van der Waals surface area contributed by atoms with E-state index < -0.39 is 22.4 Å². The van der Waals surface area contributed by atoms with Crippen LogP contribution in [0, 0.1) is 0 Å². The first-order valence-corrected chi connectivity index (χ1v) is 6.03. The van der Waals surface area contributed by atoms with Gasteiger partial charge >= 0.3 is 6.43 Å². The molecule has 0 bridgehead atoms. The maximum atomic E-state index is 11.9. The minimum absolute atomic E-state index is 0.138. The van der Waals surface area contributed by atoms with E-state index in [1.54, 1.807) is 0 Å². The van der Waals surface area contributed by atoms with Crippen LogP contribution in [-0.2, 0) is 21.4 Å². The molecule has 0 atom stereocenters. The zero-order valence-electron chi connectivity index (χ0n) is 8.56. The van der Waals surface area contributed by atoms with Crippen LogP contribution in [0.5, 0.6) is 0 Å². The number of nitrogens with one attached hydrogen (secondary N) is 1. The van der Waals surface area contributed by atoms with Gasteiger partial charge in [-0.25, -0.2) is 13.6 Å². The second-order valence-corrected chi connectivity index (χ2v) is 4.77. The number of amides is 1. The van der Waals surface area contributed by atoms with E-state index in [1.807, 2.05) is 5.32 Å². The Morgan fingerprint density at radius 1 is 1.41 bits per heavy atom. The Labute approximate surface area is 96.7 Å². The largest absolute Gasteiger partial charge is 0.347 e. The summed E-state index contributed by atoms with van der Waals surface area (Å²) < 4.78 is 45.7. The molecule has 1 aromatic rings. The molecule has 0 heterocycles. The molecule has 94 valence electrons. The maximum absolute atomic E-state index is 11.9. The molecule has 1 amide bonds. The number of hydrogen-bond acceptors (Lipinski definition) is 3. The van der Waals surface area contributed by atoms with E-state index in [1.165, 1.54) is 24.3 Å². The molecule has 0 fully saturated rings. The van der Waals surface area contributed by atoms with Crippen molar-refractivity contribution in [3.05, 3.63) is 29.8 Å². The number of sulfonamides is 1. The van der Waals surface area contributed by atoms with Crippen molar-refractivity contribution in [3.63, 3.8) is 0 Å². The van der Waals surface area contributed by atoms with Gasteiger partial charge in [-0.2, -0.15) is 8.78 Å². The van der Waals surface area contributed by atoms with Gasteiger partial charge in [-0.1, -0.05) is 12.1 Å². The van der Waals surface area contributed by atoms with Gasteiger partial charge in [0.15, 0.2) is 0 Å². The summed E-state index contributed by atoms with van der Waals surface area (Å²) in [5, 5.41) is 6.85. The highest BCUT2D eigenvalue weighted by molar-refractivity contribution is 7.89. The van der Waals surface area contributed by atoms with E-state index in [4.69, 9.17) is 5.14 Å². The molecule has 0 unspecified atom stereocenters. The molecule has 0 aliphatic heterocycles. The van der Waals surface area contributed by atoms with Crippen molar-refractivity contribution in [1.29, 1.82) is 0 Å². The summed E-state index contributed by atoms with van der Waals surface area (Å²) >= 11 is 0. The first-order chi connectivity index (χ1) is 7.80. The van der Waals surface area contributed by atoms with Gasteiger partial charge < -0.3 is 5.32 Å². The number of rotatable bonds is 4. The van der Waals surface area contributed by atoms with Crippen molar-refractivity contribution in [1.82, 2.24) is 5.32 Å². The van der Waals surface area contributed by atoms with Crippen molar-refractivity contribution in [2.24, 2.45) is 5.14 Å². The Balaban J connectivity index is 2.77. The van der Waals surface area contributed by atoms with Crippen LogP contribution in [0.2, 0.25) is 0 Å². The number of hydrogen-bond donors (Lipinski definition) is 2. The molecule has 1 rings (SSSR count). The van der Waals surface area contributed by atoms with Crippen molar-refractivity contribution in [2.45, 2.75) is 17.9 Å². The predicted octanol–water partition coefficient (Wildman–Crippen LogP) is 0.215. The fourth-order valence-electron chi connectivity index (χ4n) is 1.10. The summed E-state index contributed by atoms with van der Waals surface area (Å²) in [5.41, 5.74) is 0.366. The Hall–Kier alpha value is -1.54. The molecular formula is C9H10F2N2O3S. The molecule has 17 heavy (non-hydrogen) atoms. The molecule has 1 aromatic carbocycles. The number of alkyl halides is 2. The van der Waals surface area contributed by atoms with E-state index in [0.717, 1.165) is 0 Å². The van der Waals surface area contributed by atoms with Crippen LogP contribution < -0.4 is 10.5 Å². The quantitative estimate of drug-likeness (QED) is 0.815. The first kappa shape index (κ1) is 13.5. The van der Waals surface area contributed by atoms with Crippen LogP contribution in [0.1, 0.15) is 5.56 Å². The second-order valence-electron chi connectivity index (χ2n) is 3.21. The molecule has 0 spiro atoms. The summed E-state index contributed by atoms with van der Waals surface area (Å²) in [4.78, 5) is 10.5. The van der Waals surface area contributed by atoms with Crippen LogP contribution in [0.4, 0.5) is 8.78 Å². The standard InChI is InChI=1S/C9H10F2N2O3S/c10-8(11)9(14)13-5-6-2-1-3-7(4-6)17(12,15)16/h1-4,8H,5H2,(H,13,14)(H2,12,15,16). The lowest BCUT2D eigenvalue weighted by Gasteiger charge is -2.05. The van der Waals surface area contributed by atoms with Crippen molar-refractivity contribution >= 4 is 15.9 Å². The van der Waals surface area contributed by atoms with E-state index in [-0.39, 0.29) is 11.4 Å². The van der Waals surface area contributed by atoms with Gasteiger partial charge in [-0.05, 0) is 17.7 Å². The van der Waals surface area contributed by atoms with Gasteiger partial charge in [0.1, 0.15) is 0 Å². The average molecular weight is 264 g/mol. The molecule has 0 radical (unpaired) electrons. The number of halogens is 2. The lowest BCUT2D eigenvalue weighted by atomic mass is 10.2. The smallest absolute Gasteiger partial charge is 0.315 e. The highest BCUT2D eigenvalue weighted by Gasteiger charge is 2.14. The minimum Gasteiger partial charge on any atom is -0.347 e. The lowest BCUT2D eigenvalue weighted by molar-refractivity contribution is -0.131. The maximum Gasteiger partial charge on any atom is 0.315 e. The Morgan fingerprint density at radius 3 is 2.59 bits per heavy atom. The van der Waals surface area contributed by atoms with Crippen molar-refractivity contribution < 1.29 is 22.0 Å². The Morgan fingerprint density at radius 2 is 2.06 bits per heavy atom. The van der Waals surface area contributed by atoms with Gasteiger partial charge in [0.2, 0.25) is 10.0 Å². The number of benzene rings is 1. The zero-order chi connectivity index (χ0) is 13.1. The number of carbonyl (C=O) groups is 1. The van der Waals surface area contributed by atoms with E-state index in [9.17, 15) is 22.0 Å². The predicted molar refractivity (Wildman–Crippen MR) is 55.7 cm³/mol. The highest BCUT2D eigenvalue weighted by atomic mass is 32.2. The fourth-order valence-corrected chi connectivity index (χ4v) is 1.68. The summed E-state index contributed by atoms with van der Waals surface area (Å²) in [6.45, 7) is -0.188. The molecular weight excluding hydrogens is 254 g/mol. The third kappa shape index (κ3) is 4.08. The molecule has 8 heteroatoms. The topological polar surface area (TPSA) is 89.3 Å². The minimum atomic E-state index is -3.84. The SMILES string of the molecule is NS(=O)(=O)c1cccc(CNC(=O)C(F)F)c1. The summed E-state index contributed by atoms with van der Waals surface area (Å²) in [6, 6.07) is 5.37. The number of primary sulfonamides is 1.